The van der Waals surface area contributed by atoms with Gasteiger partial charge < -0.3 is 10.3 Å². The van der Waals surface area contributed by atoms with Crippen LogP contribution in [0.1, 0.15) is 49.4 Å². The van der Waals surface area contributed by atoms with E-state index in [9.17, 15) is 4.79 Å². The normalized spacial score (nSPS) is 22.4. The molecule has 0 unspecified atom stereocenters. The molecule has 110 valence electrons. The topological polar surface area (TPSA) is 71.2 Å². The van der Waals surface area contributed by atoms with Crippen LogP contribution in [0.4, 0.5) is 5.69 Å². The highest BCUT2D eigenvalue weighted by molar-refractivity contribution is 5.99. The Morgan fingerprint density at radius 2 is 2.15 bits per heavy atom. The van der Waals surface area contributed by atoms with Crippen molar-refractivity contribution in [3.63, 3.8) is 0 Å². The van der Waals surface area contributed by atoms with Gasteiger partial charge >= 0.3 is 0 Å². The van der Waals surface area contributed by atoms with Crippen molar-refractivity contribution in [1.29, 1.82) is 0 Å². The van der Waals surface area contributed by atoms with Crippen molar-refractivity contribution in [2.45, 2.75) is 45.1 Å². The average molecular weight is 276 g/mol. The fourth-order valence-corrected chi connectivity index (χ4v) is 2.99. The van der Waals surface area contributed by atoms with Gasteiger partial charge in [0.2, 0.25) is 0 Å². The van der Waals surface area contributed by atoms with Crippen molar-refractivity contribution < 1.29 is 4.79 Å². The van der Waals surface area contributed by atoms with Crippen molar-refractivity contribution in [3.8, 4) is 0 Å². The lowest BCUT2D eigenvalue weighted by Crippen LogP contribution is -2.39. The van der Waals surface area contributed by atoms with E-state index >= 15 is 0 Å². The highest BCUT2D eigenvalue weighted by Crippen LogP contribution is 2.30. The minimum Gasteiger partial charge on any atom is -0.339 e. The maximum Gasteiger partial charge on any atom is 0.256 e. The molecule has 0 bridgehead atoms. The molecule has 5 heteroatoms. The van der Waals surface area contributed by atoms with Gasteiger partial charge in [-0.3, -0.25) is 15.6 Å². The number of nitrogens with zero attached hydrogens (tertiary/aromatic N) is 2. The van der Waals surface area contributed by atoms with Gasteiger partial charge in [-0.2, -0.15) is 0 Å². The second-order valence-electron chi connectivity index (χ2n) is 5.56. The Bertz CT molecular complexity index is 455. The van der Waals surface area contributed by atoms with Gasteiger partial charge in [-0.05, 0) is 37.7 Å². The van der Waals surface area contributed by atoms with E-state index in [4.69, 9.17) is 5.84 Å². The second-order valence-corrected chi connectivity index (χ2v) is 5.56. The van der Waals surface area contributed by atoms with E-state index in [0.29, 0.717) is 17.3 Å². The number of carbonyl (C=O) groups excluding carboxylic acids is 1. The van der Waals surface area contributed by atoms with Gasteiger partial charge in [-0.1, -0.05) is 13.3 Å². The molecule has 1 aromatic rings. The fraction of sp³-hybridized carbons (Fsp3) is 0.600. The Labute approximate surface area is 120 Å². The van der Waals surface area contributed by atoms with Crippen molar-refractivity contribution in [2.24, 2.45) is 11.8 Å². The van der Waals surface area contributed by atoms with Crippen LogP contribution in [-0.4, -0.2) is 28.9 Å². The largest absolute Gasteiger partial charge is 0.339 e. The van der Waals surface area contributed by atoms with Crippen LogP contribution in [0.25, 0.3) is 0 Å². The Morgan fingerprint density at radius 3 is 2.75 bits per heavy atom. The SMILES string of the molecule is CCC1CCC(N(C)C(=O)c2ccncc2NN)CC1. The van der Waals surface area contributed by atoms with E-state index in [2.05, 4.69) is 17.3 Å². The number of nitrogen functional groups attached to an aromatic ring is 1. The number of hydrogen-bond donors (Lipinski definition) is 2. The molecule has 3 N–H and O–H groups in total. The predicted octanol–water partition coefficient (Wildman–Crippen LogP) is 2.41. The minimum absolute atomic E-state index is 0.0142. The first-order chi connectivity index (χ1) is 9.67. The maximum atomic E-state index is 12.6. The van der Waals surface area contributed by atoms with Gasteiger partial charge in [-0.25, -0.2) is 0 Å². The van der Waals surface area contributed by atoms with Gasteiger partial charge in [0.15, 0.2) is 0 Å². The molecule has 0 atom stereocenters. The zero-order valence-electron chi connectivity index (χ0n) is 12.3. The van der Waals surface area contributed by atoms with E-state index in [1.807, 2.05) is 11.9 Å². The van der Waals surface area contributed by atoms with E-state index in [1.165, 1.54) is 19.3 Å². The summed E-state index contributed by atoms with van der Waals surface area (Å²) in [5, 5.41) is 0. The molecule has 1 amide bonds. The predicted molar refractivity (Wildman–Crippen MR) is 80.2 cm³/mol. The Balaban J connectivity index is 2.05. The molecule has 0 radical (unpaired) electrons. The molecular weight excluding hydrogens is 252 g/mol. The summed E-state index contributed by atoms with van der Waals surface area (Å²) in [7, 11) is 1.89. The molecule has 1 saturated carbocycles. The van der Waals surface area contributed by atoms with Crippen LogP contribution in [0.15, 0.2) is 18.5 Å². The standard InChI is InChI=1S/C15H24N4O/c1-3-11-4-6-12(7-5-11)19(2)15(20)13-8-9-17-10-14(13)18-16/h8-12,18H,3-7,16H2,1-2H3. The quantitative estimate of drug-likeness (QED) is 0.654. The number of nitrogens with two attached hydrogens (primary N) is 1. The van der Waals surface area contributed by atoms with Crippen molar-refractivity contribution in [1.82, 2.24) is 9.88 Å². The van der Waals surface area contributed by atoms with Crippen molar-refractivity contribution in [3.05, 3.63) is 24.0 Å². The van der Waals surface area contributed by atoms with Crippen LogP contribution < -0.4 is 11.3 Å². The molecule has 0 saturated heterocycles. The molecule has 1 fully saturated rings. The van der Waals surface area contributed by atoms with Crippen LogP contribution in [0, 0.1) is 5.92 Å². The summed E-state index contributed by atoms with van der Waals surface area (Å²) in [6, 6.07) is 2.05. The van der Waals surface area contributed by atoms with Gasteiger partial charge in [0.1, 0.15) is 0 Å². The van der Waals surface area contributed by atoms with E-state index in [0.717, 1.165) is 18.8 Å². The van der Waals surface area contributed by atoms with E-state index in [-0.39, 0.29) is 5.91 Å². The lowest BCUT2D eigenvalue weighted by atomic mass is 9.84. The number of amides is 1. The summed E-state index contributed by atoms with van der Waals surface area (Å²) >= 11 is 0. The van der Waals surface area contributed by atoms with Crippen LogP contribution >= 0.6 is 0 Å². The molecule has 20 heavy (non-hydrogen) atoms. The van der Waals surface area contributed by atoms with Crippen LogP contribution in [0.2, 0.25) is 0 Å². The van der Waals surface area contributed by atoms with Crippen molar-refractivity contribution >= 4 is 11.6 Å². The fourth-order valence-electron chi connectivity index (χ4n) is 2.99. The zero-order chi connectivity index (χ0) is 14.5. The first kappa shape index (κ1) is 14.8. The van der Waals surface area contributed by atoms with E-state index < -0.39 is 0 Å². The summed E-state index contributed by atoms with van der Waals surface area (Å²) in [5.41, 5.74) is 3.70. The maximum absolute atomic E-state index is 12.6. The molecule has 0 aliphatic heterocycles. The number of carbonyl (C=O) groups is 1. The van der Waals surface area contributed by atoms with Crippen molar-refractivity contribution in [2.75, 3.05) is 12.5 Å². The Hall–Kier alpha value is -1.62. The first-order valence-corrected chi connectivity index (χ1v) is 7.35. The number of rotatable bonds is 4. The molecule has 5 nitrogen and oxygen atoms in total. The third-order valence-corrected chi connectivity index (χ3v) is 4.47. The number of hydrazine groups is 1. The summed E-state index contributed by atoms with van der Waals surface area (Å²) in [4.78, 5) is 18.4. The molecular formula is C15H24N4O. The van der Waals surface area contributed by atoms with E-state index in [1.54, 1.807) is 18.5 Å². The molecule has 0 aromatic carbocycles. The lowest BCUT2D eigenvalue weighted by molar-refractivity contribution is 0.0675. The number of nitrogens with one attached hydrogen (secondary N) is 1. The molecule has 1 aromatic heterocycles. The Kier molecular flexibility index (Phi) is 4.95. The smallest absolute Gasteiger partial charge is 0.256 e. The Morgan fingerprint density at radius 1 is 1.45 bits per heavy atom. The summed E-state index contributed by atoms with van der Waals surface area (Å²) in [6.45, 7) is 2.25. The molecule has 1 heterocycles. The first-order valence-electron chi connectivity index (χ1n) is 7.35. The number of aromatic nitrogens is 1. The van der Waals surface area contributed by atoms with Gasteiger partial charge in [-0.15, -0.1) is 0 Å². The third-order valence-electron chi connectivity index (χ3n) is 4.47. The second kappa shape index (κ2) is 6.70. The van der Waals surface area contributed by atoms with Crippen LogP contribution in [-0.2, 0) is 0 Å². The number of pyridine rings is 1. The van der Waals surface area contributed by atoms with Gasteiger partial charge in [0.05, 0.1) is 17.4 Å². The number of anilines is 1. The monoisotopic (exact) mass is 276 g/mol. The van der Waals surface area contributed by atoms with Gasteiger partial charge in [0.25, 0.3) is 5.91 Å². The highest BCUT2D eigenvalue weighted by Gasteiger charge is 2.27. The van der Waals surface area contributed by atoms with Crippen LogP contribution in [0.5, 0.6) is 0 Å². The van der Waals surface area contributed by atoms with Crippen LogP contribution in [0.3, 0.4) is 0 Å². The summed E-state index contributed by atoms with van der Waals surface area (Å²) in [5.74, 6) is 6.29. The lowest BCUT2D eigenvalue weighted by Gasteiger charge is -2.34. The zero-order valence-corrected chi connectivity index (χ0v) is 12.3. The molecule has 1 aliphatic rings. The highest BCUT2D eigenvalue weighted by atomic mass is 16.2. The van der Waals surface area contributed by atoms with Gasteiger partial charge in [0, 0.05) is 19.3 Å². The average Bonchev–Trinajstić information content (AvgIpc) is 2.53. The number of hydrogen-bond acceptors (Lipinski definition) is 4. The summed E-state index contributed by atoms with van der Waals surface area (Å²) < 4.78 is 0. The molecule has 0 spiro atoms. The molecule has 2 rings (SSSR count). The summed E-state index contributed by atoms with van der Waals surface area (Å²) in [6.07, 6.45) is 9.07. The molecule has 1 aliphatic carbocycles. The third kappa shape index (κ3) is 3.10. The minimum atomic E-state index is 0.0142.